The summed E-state index contributed by atoms with van der Waals surface area (Å²) in [6.07, 6.45) is 2.06. The zero-order chi connectivity index (χ0) is 8.55. The largest absolute Gasteiger partial charge is 0.351 e. The Kier molecular flexibility index (Phi) is 1.81. The van der Waals surface area contributed by atoms with Gasteiger partial charge in [0, 0.05) is 24.6 Å². The van der Waals surface area contributed by atoms with Gasteiger partial charge in [-0.2, -0.15) is 0 Å². The average molecular weight is 180 g/mol. The molecule has 2 heteroatoms. The van der Waals surface area contributed by atoms with Crippen molar-refractivity contribution in [1.29, 1.82) is 0 Å². The monoisotopic (exact) mass is 179 g/mol. The summed E-state index contributed by atoms with van der Waals surface area (Å²) in [6.45, 7) is 0. The predicted octanol–water partition coefficient (Wildman–Crippen LogP) is 2.92. The van der Waals surface area contributed by atoms with Crippen LogP contribution < -0.4 is 0 Å². The van der Waals surface area contributed by atoms with E-state index in [-0.39, 0.29) is 0 Å². The number of aryl methyl sites for hydroxylation is 1. The Hall–Kier alpha value is -0.950. The van der Waals surface area contributed by atoms with E-state index >= 15 is 0 Å². The maximum atomic E-state index is 5.74. The number of rotatable bonds is 1. The SMILES string of the molecule is Cn1ccc2ccc(CCl)cc21. The molecule has 1 heterocycles. The van der Waals surface area contributed by atoms with E-state index < -0.39 is 0 Å². The molecule has 0 N–H and O–H groups in total. The zero-order valence-electron chi connectivity index (χ0n) is 6.92. The van der Waals surface area contributed by atoms with E-state index in [0.717, 1.165) is 0 Å². The maximum Gasteiger partial charge on any atom is 0.0480 e. The minimum absolute atomic E-state index is 0.584. The van der Waals surface area contributed by atoms with Gasteiger partial charge >= 0.3 is 0 Å². The van der Waals surface area contributed by atoms with Crippen LogP contribution in [0.25, 0.3) is 10.9 Å². The van der Waals surface area contributed by atoms with E-state index in [1.807, 2.05) is 7.05 Å². The van der Waals surface area contributed by atoms with Crippen molar-refractivity contribution in [3.05, 3.63) is 36.0 Å². The van der Waals surface area contributed by atoms with E-state index in [2.05, 4.69) is 35.0 Å². The normalized spacial score (nSPS) is 10.8. The smallest absolute Gasteiger partial charge is 0.0480 e. The Labute approximate surface area is 76.6 Å². The second-order valence-electron chi connectivity index (χ2n) is 2.95. The summed E-state index contributed by atoms with van der Waals surface area (Å²) in [4.78, 5) is 0. The van der Waals surface area contributed by atoms with E-state index in [0.29, 0.717) is 5.88 Å². The van der Waals surface area contributed by atoms with Gasteiger partial charge in [0.05, 0.1) is 0 Å². The Morgan fingerprint density at radius 2 is 2.17 bits per heavy atom. The molecule has 1 aromatic carbocycles. The molecule has 0 saturated heterocycles. The molecule has 0 aliphatic heterocycles. The molecule has 0 fully saturated rings. The molecule has 62 valence electrons. The molecule has 1 aromatic heterocycles. The van der Waals surface area contributed by atoms with Crippen LogP contribution in [0.5, 0.6) is 0 Å². The molecule has 0 aliphatic carbocycles. The van der Waals surface area contributed by atoms with Gasteiger partial charge in [0.15, 0.2) is 0 Å². The van der Waals surface area contributed by atoms with Crippen molar-refractivity contribution in [2.75, 3.05) is 0 Å². The highest BCUT2D eigenvalue weighted by atomic mass is 35.5. The number of benzene rings is 1. The fraction of sp³-hybridized carbons (Fsp3) is 0.200. The summed E-state index contributed by atoms with van der Waals surface area (Å²) in [5.74, 6) is 0.584. The molecule has 0 spiro atoms. The second kappa shape index (κ2) is 2.83. The lowest BCUT2D eigenvalue weighted by Crippen LogP contribution is -1.85. The highest BCUT2D eigenvalue weighted by Gasteiger charge is 1.97. The van der Waals surface area contributed by atoms with Crippen LogP contribution in [0.2, 0.25) is 0 Å². The lowest BCUT2D eigenvalue weighted by Gasteiger charge is -1.98. The van der Waals surface area contributed by atoms with Gasteiger partial charge in [-0.1, -0.05) is 12.1 Å². The third-order valence-electron chi connectivity index (χ3n) is 2.11. The molecule has 0 aliphatic rings. The third kappa shape index (κ3) is 1.10. The van der Waals surface area contributed by atoms with Crippen molar-refractivity contribution in [2.45, 2.75) is 5.88 Å². The second-order valence-corrected chi connectivity index (χ2v) is 3.22. The standard InChI is InChI=1S/C10H10ClN/c1-12-5-4-9-3-2-8(7-11)6-10(9)12/h2-6H,7H2,1H3. The van der Waals surface area contributed by atoms with Gasteiger partial charge in [-0.25, -0.2) is 0 Å². The number of aromatic nitrogens is 1. The first-order valence-corrected chi connectivity index (χ1v) is 4.44. The minimum atomic E-state index is 0.584. The summed E-state index contributed by atoms with van der Waals surface area (Å²) in [5, 5.41) is 1.27. The van der Waals surface area contributed by atoms with Crippen LogP contribution in [0.4, 0.5) is 0 Å². The van der Waals surface area contributed by atoms with Gasteiger partial charge < -0.3 is 4.57 Å². The van der Waals surface area contributed by atoms with Crippen LogP contribution in [0.3, 0.4) is 0 Å². The van der Waals surface area contributed by atoms with Crippen molar-refractivity contribution in [2.24, 2.45) is 7.05 Å². The highest BCUT2D eigenvalue weighted by Crippen LogP contribution is 2.17. The number of hydrogen-bond donors (Lipinski definition) is 0. The van der Waals surface area contributed by atoms with Crippen LogP contribution in [0, 0.1) is 0 Å². The Morgan fingerprint density at radius 1 is 1.33 bits per heavy atom. The Morgan fingerprint density at radius 3 is 2.92 bits per heavy atom. The highest BCUT2D eigenvalue weighted by molar-refractivity contribution is 6.17. The van der Waals surface area contributed by atoms with Gasteiger partial charge in [-0.3, -0.25) is 0 Å². The Balaban J connectivity index is 2.71. The van der Waals surface area contributed by atoms with Gasteiger partial charge in [0.25, 0.3) is 0 Å². The van der Waals surface area contributed by atoms with Crippen molar-refractivity contribution < 1.29 is 0 Å². The molecule has 0 atom stereocenters. The van der Waals surface area contributed by atoms with Gasteiger partial charge in [0.2, 0.25) is 0 Å². The molecular weight excluding hydrogens is 170 g/mol. The van der Waals surface area contributed by atoms with Gasteiger partial charge in [-0.05, 0) is 23.1 Å². The fourth-order valence-electron chi connectivity index (χ4n) is 1.39. The van der Waals surface area contributed by atoms with Crippen molar-refractivity contribution in [3.8, 4) is 0 Å². The van der Waals surface area contributed by atoms with Crippen LogP contribution in [-0.2, 0) is 12.9 Å². The van der Waals surface area contributed by atoms with Gasteiger partial charge in [0.1, 0.15) is 0 Å². The van der Waals surface area contributed by atoms with E-state index in [4.69, 9.17) is 11.6 Å². The fourth-order valence-corrected chi connectivity index (χ4v) is 1.56. The summed E-state index contributed by atoms with van der Waals surface area (Å²) in [6, 6.07) is 8.40. The van der Waals surface area contributed by atoms with E-state index in [1.165, 1.54) is 16.5 Å². The number of alkyl halides is 1. The topological polar surface area (TPSA) is 4.93 Å². The molecular formula is C10H10ClN. The molecule has 0 bridgehead atoms. The van der Waals surface area contributed by atoms with E-state index in [9.17, 15) is 0 Å². The Bertz CT molecular complexity index is 403. The summed E-state index contributed by atoms with van der Waals surface area (Å²) < 4.78 is 2.10. The van der Waals surface area contributed by atoms with Crippen LogP contribution in [0.1, 0.15) is 5.56 Å². The quantitative estimate of drug-likeness (QED) is 0.594. The molecule has 2 rings (SSSR count). The molecule has 2 aromatic rings. The van der Waals surface area contributed by atoms with Crippen molar-refractivity contribution >= 4 is 22.5 Å². The molecule has 0 saturated carbocycles. The molecule has 0 amide bonds. The maximum absolute atomic E-state index is 5.74. The van der Waals surface area contributed by atoms with Crippen LogP contribution >= 0.6 is 11.6 Å². The summed E-state index contributed by atoms with van der Waals surface area (Å²) in [7, 11) is 2.04. The first-order valence-electron chi connectivity index (χ1n) is 3.91. The number of halogens is 1. The molecule has 0 radical (unpaired) electrons. The number of hydrogen-bond acceptors (Lipinski definition) is 0. The third-order valence-corrected chi connectivity index (χ3v) is 2.42. The molecule has 1 nitrogen and oxygen atoms in total. The van der Waals surface area contributed by atoms with Crippen LogP contribution in [-0.4, -0.2) is 4.57 Å². The van der Waals surface area contributed by atoms with Crippen molar-refractivity contribution in [1.82, 2.24) is 4.57 Å². The molecule has 0 unspecified atom stereocenters. The van der Waals surface area contributed by atoms with Crippen molar-refractivity contribution in [3.63, 3.8) is 0 Å². The van der Waals surface area contributed by atoms with Gasteiger partial charge in [-0.15, -0.1) is 11.6 Å². The lowest BCUT2D eigenvalue weighted by molar-refractivity contribution is 0.968. The number of fused-ring (bicyclic) bond motifs is 1. The number of nitrogens with zero attached hydrogens (tertiary/aromatic N) is 1. The average Bonchev–Trinajstić information content (AvgIpc) is 2.47. The zero-order valence-corrected chi connectivity index (χ0v) is 7.67. The summed E-state index contributed by atoms with van der Waals surface area (Å²) >= 11 is 5.74. The first-order chi connectivity index (χ1) is 5.81. The molecule has 12 heavy (non-hydrogen) atoms. The minimum Gasteiger partial charge on any atom is -0.351 e. The predicted molar refractivity (Wildman–Crippen MR) is 52.5 cm³/mol. The van der Waals surface area contributed by atoms with Crippen LogP contribution in [0.15, 0.2) is 30.5 Å². The summed E-state index contributed by atoms with van der Waals surface area (Å²) in [5.41, 5.74) is 2.42. The first kappa shape index (κ1) is 7.69. The van der Waals surface area contributed by atoms with E-state index in [1.54, 1.807) is 0 Å². The lowest BCUT2D eigenvalue weighted by atomic mass is 10.2.